The normalized spacial score (nSPS) is 23.5. The molecule has 0 aromatic carbocycles. The Morgan fingerprint density at radius 3 is 2.87 bits per heavy atom. The Morgan fingerprint density at radius 1 is 1.39 bits per heavy atom. The number of hydrogen-bond donors (Lipinski definition) is 1. The van der Waals surface area contributed by atoms with Crippen LogP contribution >= 0.6 is 0 Å². The molecule has 2 aliphatic heterocycles. The first-order chi connectivity index (χ1) is 11.1. The number of ether oxygens (including phenoxy) is 2. The number of nitrogens with zero attached hydrogens (tertiary/aromatic N) is 2. The second-order valence-corrected chi connectivity index (χ2v) is 6.46. The Hall–Kier alpha value is -1.44. The summed E-state index contributed by atoms with van der Waals surface area (Å²) >= 11 is 0. The van der Waals surface area contributed by atoms with Crippen molar-refractivity contribution in [3.63, 3.8) is 0 Å². The lowest BCUT2D eigenvalue weighted by Crippen LogP contribution is -2.50. The lowest BCUT2D eigenvalue weighted by molar-refractivity contribution is -0.127. The summed E-state index contributed by atoms with van der Waals surface area (Å²) in [5.41, 5.74) is 0.837. The minimum atomic E-state index is -0.207. The molecule has 0 unspecified atom stereocenters. The molecule has 7 nitrogen and oxygen atoms in total. The fraction of sp³-hybridized carbons (Fsp3) is 0.750. The van der Waals surface area contributed by atoms with Crippen LogP contribution in [0.2, 0.25) is 0 Å². The molecule has 0 bridgehead atoms. The molecule has 128 valence electrons. The molecule has 0 saturated carbocycles. The van der Waals surface area contributed by atoms with Gasteiger partial charge in [0, 0.05) is 6.07 Å². The first-order valence-electron chi connectivity index (χ1n) is 8.37. The molecule has 3 heterocycles. The van der Waals surface area contributed by atoms with E-state index in [0.29, 0.717) is 25.6 Å². The van der Waals surface area contributed by atoms with Gasteiger partial charge in [0.15, 0.2) is 6.29 Å². The molecule has 2 fully saturated rings. The zero-order valence-electron chi connectivity index (χ0n) is 13.8. The molecule has 0 aliphatic carbocycles. The highest BCUT2D eigenvalue weighted by Crippen LogP contribution is 2.24. The van der Waals surface area contributed by atoms with Gasteiger partial charge < -0.3 is 14.0 Å². The van der Waals surface area contributed by atoms with Gasteiger partial charge in [0.05, 0.1) is 31.5 Å². The van der Waals surface area contributed by atoms with Crippen LogP contribution < -0.4 is 5.32 Å². The van der Waals surface area contributed by atoms with Gasteiger partial charge in [0.25, 0.3) is 0 Å². The van der Waals surface area contributed by atoms with E-state index < -0.39 is 0 Å². The molecule has 1 aromatic heterocycles. The molecule has 7 heteroatoms. The highest BCUT2D eigenvalue weighted by Gasteiger charge is 2.34. The van der Waals surface area contributed by atoms with Crippen molar-refractivity contribution in [3.05, 3.63) is 11.8 Å². The molecule has 3 rings (SSSR count). The number of carbonyl (C=O) groups excluding carboxylic acids is 1. The minimum Gasteiger partial charge on any atom is -0.349 e. The number of piperidine rings is 1. The molecule has 2 saturated heterocycles. The van der Waals surface area contributed by atoms with Crippen LogP contribution in [-0.2, 0) is 14.3 Å². The standard InChI is InChI=1S/C16H25N3O4/c1-11(2)12-9-15(23-18-12)17-14(20)10-19-6-4-3-5-13(19)16-21-7-8-22-16/h9,11,13,16H,3-8,10H2,1-2H3,(H,17,20)/t13-/m1/s1. The number of amides is 1. The average Bonchev–Trinajstić information content (AvgIpc) is 3.19. The van der Waals surface area contributed by atoms with Gasteiger partial charge in [-0.1, -0.05) is 25.4 Å². The molecule has 1 N–H and O–H groups in total. The third kappa shape index (κ3) is 4.10. The van der Waals surface area contributed by atoms with E-state index in [1.807, 2.05) is 13.8 Å². The third-order valence-electron chi connectivity index (χ3n) is 4.36. The molecule has 2 aliphatic rings. The summed E-state index contributed by atoms with van der Waals surface area (Å²) in [5, 5.41) is 6.73. The maximum absolute atomic E-state index is 12.3. The number of carbonyl (C=O) groups is 1. The summed E-state index contributed by atoms with van der Waals surface area (Å²) in [6, 6.07) is 1.93. The van der Waals surface area contributed by atoms with Crippen molar-refractivity contribution in [2.24, 2.45) is 0 Å². The van der Waals surface area contributed by atoms with Crippen LogP contribution in [0.25, 0.3) is 0 Å². The van der Waals surface area contributed by atoms with Crippen molar-refractivity contribution < 1.29 is 18.8 Å². The molecule has 0 radical (unpaired) electrons. The zero-order valence-corrected chi connectivity index (χ0v) is 13.8. The molecule has 1 atom stereocenters. The predicted octanol–water partition coefficient (Wildman–Crippen LogP) is 1.96. The van der Waals surface area contributed by atoms with Crippen molar-refractivity contribution in [2.75, 3.05) is 31.6 Å². The Kier molecular flexibility index (Phi) is 5.30. The highest BCUT2D eigenvalue weighted by molar-refractivity contribution is 5.91. The van der Waals surface area contributed by atoms with Crippen LogP contribution in [0.3, 0.4) is 0 Å². The van der Waals surface area contributed by atoms with Gasteiger partial charge in [-0.3, -0.25) is 15.0 Å². The molecule has 23 heavy (non-hydrogen) atoms. The van der Waals surface area contributed by atoms with E-state index in [1.54, 1.807) is 6.07 Å². The zero-order chi connectivity index (χ0) is 16.2. The maximum Gasteiger partial charge on any atom is 0.240 e. The molecular weight excluding hydrogens is 298 g/mol. The van der Waals surface area contributed by atoms with Crippen LogP contribution in [0.5, 0.6) is 0 Å². The number of aromatic nitrogens is 1. The van der Waals surface area contributed by atoms with Crippen molar-refractivity contribution in [1.82, 2.24) is 10.1 Å². The number of nitrogens with one attached hydrogen (secondary N) is 1. The Labute approximate surface area is 136 Å². The van der Waals surface area contributed by atoms with Crippen LogP contribution in [0.4, 0.5) is 5.88 Å². The van der Waals surface area contributed by atoms with Gasteiger partial charge in [-0.05, 0) is 25.3 Å². The third-order valence-corrected chi connectivity index (χ3v) is 4.36. The van der Waals surface area contributed by atoms with Gasteiger partial charge in [-0.2, -0.15) is 0 Å². The topological polar surface area (TPSA) is 76.8 Å². The summed E-state index contributed by atoms with van der Waals surface area (Å²) in [4.78, 5) is 14.4. The van der Waals surface area contributed by atoms with Gasteiger partial charge in [-0.25, -0.2) is 0 Å². The summed E-state index contributed by atoms with van der Waals surface area (Å²) in [6.07, 6.45) is 3.03. The molecule has 1 aromatic rings. The van der Waals surface area contributed by atoms with Gasteiger partial charge in [-0.15, -0.1) is 0 Å². The van der Waals surface area contributed by atoms with Crippen LogP contribution in [-0.4, -0.2) is 54.6 Å². The Bertz CT molecular complexity index is 525. The summed E-state index contributed by atoms with van der Waals surface area (Å²) in [5.74, 6) is 0.578. The molecular formula is C16H25N3O4. The molecule has 0 spiro atoms. The van der Waals surface area contributed by atoms with E-state index in [0.717, 1.165) is 31.5 Å². The van der Waals surface area contributed by atoms with Gasteiger partial charge in [0.1, 0.15) is 0 Å². The largest absolute Gasteiger partial charge is 0.349 e. The second kappa shape index (κ2) is 7.42. The van der Waals surface area contributed by atoms with E-state index >= 15 is 0 Å². The van der Waals surface area contributed by atoms with Crippen molar-refractivity contribution >= 4 is 11.8 Å². The number of anilines is 1. The fourth-order valence-electron chi connectivity index (χ4n) is 3.10. The van der Waals surface area contributed by atoms with E-state index in [9.17, 15) is 4.79 Å². The quantitative estimate of drug-likeness (QED) is 0.892. The summed E-state index contributed by atoms with van der Waals surface area (Å²) < 4.78 is 16.4. The van der Waals surface area contributed by atoms with Crippen LogP contribution in [0.1, 0.15) is 44.7 Å². The van der Waals surface area contributed by atoms with Gasteiger partial charge in [0.2, 0.25) is 11.8 Å². The van der Waals surface area contributed by atoms with Crippen LogP contribution in [0, 0.1) is 0 Å². The van der Waals surface area contributed by atoms with Gasteiger partial charge >= 0.3 is 0 Å². The number of hydrogen-bond acceptors (Lipinski definition) is 6. The monoisotopic (exact) mass is 323 g/mol. The van der Waals surface area contributed by atoms with E-state index in [-0.39, 0.29) is 24.2 Å². The van der Waals surface area contributed by atoms with Crippen molar-refractivity contribution in [1.29, 1.82) is 0 Å². The maximum atomic E-state index is 12.3. The Balaban J connectivity index is 1.56. The van der Waals surface area contributed by atoms with Crippen molar-refractivity contribution in [2.45, 2.75) is 51.4 Å². The van der Waals surface area contributed by atoms with E-state index in [4.69, 9.17) is 14.0 Å². The lowest BCUT2D eigenvalue weighted by atomic mass is 10.0. The smallest absolute Gasteiger partial charge is 0.240 e. The fourth-order valence-corrected chi connectivity index (χ4v) is 3.10. The molecule has 1 amide bonds. The first-order valence-corrected chi connectivity index (χ1v) is 8.37. The number of likely N-dealkylation sites (tertiary alicyclic amines) is 1. The average molecular weight is 323 g/mol. The number of rotatable bonds is 5. The first kappa shape index (κ1) is 16.4. The Morgan fingerprint density at radius 2 is 2.17 bits per heavy atom. The minimum absolute atomic E-state index is 0.0960. The lowest BCUT2D eigenvalue weighted by Gasteiger charge is -2.37. The van der Waals surface area contributed by atoms with Crippen LogP contribution in [0.15, 0.2) is 10.6 Å². The second-order valence-electron chi connectivity index (χ2n) is 6.46. The van der Waals surface area contributed by atoms with Crippen molar-refractivity contribution in [3.8, 4) is 0 Å². The highest BCUT2D eigenvalue weighted by atomic mass is 16.7. The SMILES string of the molecule is CC(C)c1cc(NC(=O)CN2CCCC[C@@H]2C2OCCO2)on1. The van der Waals surface area contributed by atoms with E-state index in [2.05, 4.69) is 15.4 Å². The predicted molar refractivity (Wildman–Crippen MR) is 84.1 cm³/mol. The van der Waals surface area contributed by atoms with E-state index in [1.165, 1.54) is 0 Å². The summed E-state index contributed by atoms with van der Waals surface area (Å²) in [7, 11) is 0. The summed E-state index contributed by atoms with van der Waals surface area (Å²) in [6.45, 7) is 6.53.